The zero-order chi connectivity index (χ0) is 18.8. The summed E-state index contributed by atoms with van der Waals surface area (Å²) in [4.78, 5) is 4.74. The van der Waals surface area contributed by atoms with Crippen LogP contribution in [-0.4, -0.2) is 52.8 Å². The molecule has 0 aliphatic carbocycles. The van der Waals surface area contributed by atoms with Crippen molar-refractivity contribution in [1.29, 1.82) is 0 Å². The number of hydrogen-bond donors (Lipinski definition) is 0. The smallest absolute Gasteiger partial charge is 0.132 e. The van der Waals surface area contributed by atoms with E-state index >= 15 is 0 Å². The first-order valence-corrected chi connectivity index (χ1v) is 9.90. The van der Waals surface area contributed by atoms with Crippen molar-refractivity contribution < 1.29 is 4.39 Å². The van der Waals surface area contributed by atoms with Crippen molar-refractivity contribution in [1.82, 2.24) is 19.6 Å². The Morgan fingerprint density at radius 3 is 2.41 bits per heavy atom. The largest absolute Gasteiger partial charge is 0.304 e. The molecule has 2 aromatic carbocycles. The van der Waals surface area contributed by atoms with Crippen LogP contribution in [0.5, 0.6) is 0 Å². The Balaban J connectivity index is 1.75. The Bertz CT molecular complexity index is 914. The van der Waals surface area contributed by atoms with E-state index in [9.17, 15) is 4.39 Å². The molecule has 27 heavy (non-hydrogen) atoms. The van der Waals surface area contributed by atoms with Gasteiger partial charge in [0.25, 0.3) is 0 Å². The number of piperazine rings is 1. The average molecular weight is 429 g/mol. The van der Waals surface area contributed by atoms with Crippen molar-refractivity contribution in [2.75, 3.05) is 33.2 Å². The SMILES string of the molecule is CN1CCN(Cc2cnn(-c3ccc(Br)cc3)c2-c2ccccc2F)CC1. The Labute approximate surface area is 167 Å². The van der Waals surface area contributed by atoms with Crippen LogP contribution in [0.1, 0.15) is 5.56 Å². The van der Waals surface area contributed by atoms with Crippen molar-refractivity contribution in [3.05, 3.63) is 70.6 Å². The summed E-state index contributed by atoms with van der Waals surface area (Å²) in [5.41, 5.74) is 3.38. The Hall–Kier alpha value is -2.02. The number of nitrogens with zero attached hydrogens (tertiary/aromatic N) is 4. The fourth-order valence-corrected chi connectivity index (χ4v) is 3.73. The predicted octanol–water partition coefficient (Wildman–Crippen LogP) is 4.19. The molecule has 1 aliphatic heterocycles. The molecule has 1 saturated heterocycles. The third-order valence-electron chi connectivity index (χ3n) is 5.04. The fraction of sp³-hybridized carbons (Fsp3) is 0.286. The topological polar surface area (TPSA) is 24.3 Å². The number of rotatable bonds is 4. The minimum atomic E-state index is -0.226. The molecule has 3 aromatic rings. The maximum atomic E-state index is 14.7. The second-order valence-electron chi connectivity index (χ2n) is 6.97. The maximum absolute atomic E-state index is 14.7. The molecule has 4 nitrogen and oxygen atoms in total. The summed E-state index contributed by atoms with van der Waals surface area (Å²) in [5, 5.41) is 4.61. The van der Waals surface area contributed by atoms with E-state index in [0.29, 0.717) is 5.56 Å². The molecule has 0 radical (unpaired) electrons. The standard InChI is InChI=1S/C21H22BrFN4/c1-25-10-12-26(13-11-25)15-16-14-24-27(18-8-6-17(22)7-9-18)21(16)19-4-2-3-5-20(19)23/h2-9,14H,10-13,15H2,1H3. The molecule has 0 amide bonds. The van der Waals surface area contributed by atoms with E-state index in [1.165, 1.54) is 6.07 Å². The Morgan fingerprint density at radius 2 is 1.70 bits per heavy atom. The third kappa shape index (κ3) is 3.98. The monoisotopic (exact) mass is 428 g/mol. The lowest BCUT2D eigenvalue weighted by molar-refractivity contribution is 0.148. The highest BCUT2D eigenvalue weighted by Crippen LogP contribution is 2.30. The molecule has 0 bridgehead atoms. The van der Waals surface area contributed by atoms with Crippen molar-refractivity contribution in [3.63, 3.8) is 0 Å². The molecular weight excluding hydrogens is 407 g/mol. The normalized spacial score (nSPS) is 16.0. The van der Waals surface area contributed by atoms with Gasteiger partial charge in [-0.2, -0.15) is 5.10 Å². The first kappa shape index (κ1) is 18.3. The van der Waals surface area contributed by atoms with Crippen LogP contribution in [0.25, 0.3) is 16.9 Å². The molecule has 140 valence electrons. The van der Waals surface area contributed by atoms with Crippen LogP contribution in [0.4, 0.5) is 4.39 Å². The molecule has 1 aliphatic rings. The van der Waals surface area contributed by atoms with Gasteiger partial charge in [0, 0.05) is 48.3 Å². The lowest BCUT2D eigenvalue weighted by Gasteiger charge is -2.32. The van der Waals surface area contributed by atoms with Gasteiger partial charge in [-0.3, -0.25) is 4.90 Å². The summed E-state index contributed by atoms with van der Waals surface area (Å²) in [5.74, 6) is -0.226. The Kier molecular flexibility index (Phi) is 5.38. The average Bonchev–Trinajstić information content (AvgIpc) is 3.08. The van der Waals surface area contributed by atoms with Gasteiger partial charge in [-0.1, -0.05) is 28.1 Å². The van der Waals surface area contributed by atoms with E-state index in [0.717, 1.165) is 54.1 Å². The highest BCUT2D eigenvalue weighted by Gasteiger charge is 2.21. The number of aromatic nitrogens is 2. The zero-order valence-corrected chi connectivity index (χ0v) is 16.9. The summed E-state index contributed by atoms with van der Waals surface area (Å²) in [6, 6.07) is 14.9. The lowest BCUT2D eigenvalue weighted by Crippen LogP contribution is -2.43. The maximum Gasteiger partial charge on any atom is 0.132 e. The van der Waals surface area contributed by atoms with Crippen LogP contribution in [0.2, 0.25) is 0 Å². The summed E-state index contributed by atoms with van der Waals surface area (Å²) in [7, 11) is 2.15. The van der Waals surface area contributed by atoms with Gasteiger partial charge in [-0.05, 0) is 43.4 Å². The molecule has 0 atom stereocenters. The molecule has 0 N–H and O–H groups in total. The summed E-state index contributed by atoms with van der Waals surface area (Å²) in [6.45, 7) is 4.90. The second-order valence-corrected chi connectivity index (χ2v) is 7.88. The van der Waals surface area contributed by atoms with E-state index in [4.69, 9.17) is 0 Å². The van der Waals surface area contributed by atoms with Gasteiger partial charge in [0.15, 0.2) is 0 Å². The summed E-state index contributed by atoms with van der Waals surface area (Å²) < 4.78 is 17.5. The van der Waals surface area contributed by atoms with Crippen LogP contribution in [0.3, 0.4) is 0 Å². The van der Waals surface area contributed by atoms with Gasteiger partial charge in [-0.25, -0.2) is 9.07 Å². The van der Waals surface area contributed by atoms with E-state index in [1.807, 2.05) is 47.3 Å². The first-order valence-electron chi connectivity index (χ1n) is 9.10. The quantitative estimate of drug-likeness (QED) is 0.622. The van der Waals surface area contributed by atoms with Crippen LogP contribution in [0, 0.1) is 5.82 Å². The predicted molar refractivity (Wildman–Crippen MR) is 109 cm³/mol. The molecule has 1 aromatic heterocycles. The molecule has 4 rings (SSSR count). The molecule has 0 unspecified atom stereocenters. The van der Waals surface area contributed by atoms with Crippen LogP contribution in [-0.2, 0) is 6.54 Å². The van der Waals surface area contributed by atoms with E-state index < -0.39 is 0 Å². The van der Waals surface area contributed by atoms with E-state index in [1.54, 1.807) is 6.07 Å². The number of halogens is 2. The third-order valence-corrected chi connectivity index (χ3v) is 5.56. The zero-order valence-electron chi connectivity index (χ0n) is 15.3. The number of hydrogen-bond acceptors (Lipinski definition) is 3. The van der Waals surface area contributed by atoms with Gasteiger partial charge in [-0.15, -0.1) is 0 Å². The highest BCUT2D eigenvalue weighted by molar-refractivity contribution is 9.10. The van der Waals surface area contributed by atoms with Crippen LogP contribution in [0.15, 0.2) is 59.2 Å². The minimum Gasteiger partial charge on any atom is -0.304 e. The van der Waals surface area contributed by atoms with Crippen molar-refractivity contribution >= 4 is 15.9 Å². The van der Waals surface area contributed by atoms with Crippen LogP contribution < -0.4 is 0 Å². The van der Waals surface area contributed by atoms with Crippen LogP contribution >= 0.6 is 15.9 Å². The first-order chi connectivity index (χ1) is 13.1. The van der Waals surface area contributed by atoms with E-state index in [2.05, 4.69) is 37.9 Å². The molecule has 1 fully saturated rings. The number of benzene rings is 2. The minimum absolute atomic E-state index is 0.226. The highest BCUT2D eigenvalue weighted by atomic mass is 79.9. The molecule has 0 saturated carbocycles. The Morgan fingerprint density at radius 1 is 1.00 bits per heavy atom. The lowest BCUT2D eigenvalue weighted by atomic mass is 10.1. The van der Waals surface area contributed by atoms with Gasteiger partial charge in [0.1, 0.15) is 5.82 Å². The van der Waals surface area contributed by atoms with Crippen molar-refractivity contribution in [2.45, 2.75) is 6.54 Å². The van der Waals surface area contributed by atoms with Gasteiger partial charge >= 0.3 is 0 Å². The van der Waals surface area contributed by atoms with Gasteiger partial charge in [0.05, 0.1) is 17.6 Å². The van der Waals surface area contributed by atoms with E-state index in [-0.39, 0.29) is 5.82 Å². The summed E-state index contributed by atoms with van der Waals surface area (Å²) in [6.07, 6.45) is 1.88. The van der Waals surface area contributed by atoms with Gasteiger partial charge in [0.2, 0.25) is 0 Å². The molecule has 2 heterocycles. The molecule has 0 spiro atoms. The molecular formula is C21H22BrFN4. The van der Waals surface area contributed by atoms with Crippen molar-refractivity contribution in [3.8, 4) is 16.9 Å². The summed E-state index contributed by atoms with van der Waals surface area (Å²) >= 11 is 3.47. The molecule has 6 heteroatoms. The fourth-order valence-electron chi connectivity index (χ4n) is 3.46. The number of likely N-dealkylation sites (N-methyl/N-ethyl adjacent to an activating group) is 1. The van der Waals surface area contributed by atoms with Gasteiger partial charge < -0.3 is 4.90 Å². The van der Waals surface area contributed by atoms with Crippen molar-refractivity contribution in [2.24, 2.45) is 0 Å². The second kappa shape index (κ2) is 7.92.